The van der Waals surface area contributed by atoms with E-state index in [4.69, 9.17) is 0 Å². The molecule has 0 aliphatic heterocycles. The first-order valence-corrected chi connectivity index (χ1v) is 5.43. The van der Waals surface area contributed by atoms with Crippen molar-refractivity contribution in [3.63, 3.8) is 0 Å². The summed E-state index contributed by atoms with van der Waals surface area (Å²) in [5, 5.41) is 0. The summed E-state index contributed by atoms with van der Waals surface area (Å²) < 4.78 is 0. The second-order valence-corrected chi connectivity index (χ2v) is 5.02. The summed E-state index contributed by atoms with van der Waals surface area (Å²) in [4.78, 5) is 0. The normalized spacial score (nSPS) is 31.4. The fourth-order valence-electron chi connectivity index (χ4n) is 2.56. The molecule has 0 aromatic rings. The molecule has 0 heterocycles. The van der Waals surface area contributed by atoms with Gasteiger partial charge in [-0.3, -0.25) is 0 Å². The summed E-state index contributed by atoms with van der Waals surface area (Å²) >= 11 is 0. The fraction of sp³-hybridized carbons (Fsp3) is 1.00. The highest BCUT2D eigenvalue weighted by Crippen LogP contribution is 2.54. The van der Waals surface area contributed by atoms with Crippen LogP contribution in [0.5, 0.6) is 0 Å². The lowest BCUT2D eigenvalue weighted by Gasteiger charge is -2.13. The lowest BCUT2D eigenvalue weighted by atomic mass is 9.92. The van der Waals surface area contributed by atoms with Gasteiger partial charge in [0.05, 0.1) is 0 Å². The Kier molecular flexibility index (Phi) is 1.33. The molecule has 3 saturated carbocycles. The number of rotatable bonds is 4. The first-order chi connectivity index (χ1) is 5.43. The van der Waals surface area contributed by atoms with Crippen LogP contribution in [0.3, 0.4) is 0 Å². The van der Waals surface area contributed by atoms with Crippen LogP contribution in [0, 0.1) is 23.7 Å². The zero-order valence-corrected chi connectivity index (χ0v) is 7.26. The minimum Gasteiger partial charge on any atom is -0.0502 e. The van der Waals surface area contributed by atoms with Crippen LogP contribution in [0.4, 0.5) is 0 Å². The summed E-state index contributed by atoms with van der Waals surface area (Å²) in [7, 11) is 0. The highest BCUT2D eigenvalue weighted by Gasteiger charge is 2.43. The minimum atomic E-state index is 1.18. The molecule has 3 rings (SSSR count). The summed E-state index contributed by atoms with van der Waals surface area (Å²) in [5.41, 5.74) is 0. The van der Waals surface area contributed by atoms with Gasteiger partial charge in [0, 0.05) is 0 Å². The molecular formula is C11H18. The average molecular weight is 150 g/mol. The Morgan fingerprint density at radius 1 is 0.818 bits per heavy atom. The molecule has 62 valence electrons. The second-order valence-electron chi connectivity index (χ2n) is 5.02. The Balaban J connectivity index is 1.57. The van der Waals surface area contributed by atoms with Gasteiger partial charge >= 0.3 is 0 Å². The average Bonchev–Trinajstić information content (AvgIpc) is 2.77. The molecule has 3 aliphatic rings. The van der Waals surface area contributed by atoms with E-state index in [1.165, 1.54) is 23.7 Å². The van der Waals surface area contributed by atoms with Crippen molar-refractivity contribution in [2.24, 2.45) is 23.7 Å². The van der Waals surface area contributed by atoms with Crippen molar-refractivity contribution >= 4 is 0 Å². The Bertz CT molecular complexity index is 137. The van der Waals surface area contributed by atoms with Crippen molar-refractivity contribution in [3.8, 4) is 0 Å². The second kappa shape index (κ2) is 2.24. The van der Waals surface area contributed by atoms with Crippen molar-refractivity contribution in [1.29, 1.82) is 0 Å². The first kappa shape index (κ1) is 6.51. The molecular weight excluding hydrogens is 132 g/mol. The Morgan fingerprint density at radius 3 is 1.73 bits per heavy atom. The Labute approximate surface area is 69.4 Å². The van der Waals surface area contributed by atoms with Gasteiger partial charge in [-0.2, -0.15) is 0 Å². The van der Waals surface area contributed by atoms with Crippen LogP contribution >= 0.6 is 0 Å². The molecule has 0 unspecified atom stereocenters. The molecule has 0 atom stereocenters. The Morgan fingerprint density at radius 2 is 1.36 bits per heavy atom. The van der Waals surface area contributed by atoms with Crippen molar-refractivity contribution in [3.05, 3.63) is 0 Å². The van der Waals surface area contributed by atoms with E-state index < -0.39 is 0 Å². The summed E-state index contributed by atoms with van der Waals surface area (Å²) in [5.74, 6) is 4.77. The van der Waals surface area contributed by atoms with E-state index in [9.17, 15) is 0 Å². The van der Waals surface area contributed by atoms with Gasteiger partial charge in [0.25, 0.3) is 0 Å². The van der Waals surface area contributed by atoms with Crippen LogP contribution in [0.25, 0.3) is 0 Å². The first-order valence-electron chi connectivity index (χ1n) is 5.43. The fourth-order valence-corrected chi connectivity index (χ4v) is 2.56. The highest BCUT2D eigenvalue weighted by atomic mass is 14.5. The monoisotopic (exact) mass is 150 g/mol. The topological polar surface area (TPSA) is 0 Å². The third-order valence-electron chi connectivity index (χ3n) is 3.76. The van der Waals surface area contributed by atoms with Gasteiger partial charge in [-0.15, -0.1) is 0 Å². The van der Waals surface area contributed by atoms with E-state index in [1.807, 2.05) is 0 Å². The van der Waals surface area contributed by atoms with Crippen molar-refractivity contribution in [2.45, 2.75) is 44.9 Å². The van der Waals surface area contributed by atoms with Crippen molar-refractivity contribution < 1.29 is 0 Å². The van der Waals surface area contributed by atoms with Crippen LogP contribution < -0.4 is 0 Å². The van der Waals surface area contributed by atoms with Crippen LogP contribution in [0.2, 0.25) is 0 Å². The maximum absolute atomic E-state index is 1.62. The maximum atomic E-state index is 1.62. The zero-order valence-electron chi connectivity index (χ0n) is 7.26. The maximum Gasteiger partial charge on any atom is -0.0355 e. The van der Waals surface area contributed by atoms with Gasteiger partial charge in [0.2, 0.25) is 0 Å². The molecule has 0 amide bonds. The van der Waals surface area contributed by atoms with Crippen LogP contribution in [-0.2, 0) is 0 Å². The summed E-state index contributed by atoms with van der Waals surface area (Å²) in [6.07, 6.45) is 11.1. The van der Waals surface area contributed by atoms with E-state index in [0.717, 1.165) is 0 Å². The van der Waals surface area contributed by atoms with Gasteiger partial charge in [-0.25, -0.2) is 0 Å². The zero-order chi connectivity index (χ0) is 7.26. The molecule has 0 spiro atoms. The Hall–Kier alpha value is 0. The molecule has 3 fully saturated rings. The predicted molar refractivity (Wildman–Crippen MR) is 46.3 cm³/mol. The minimum absolute atomic E-state index is 1.18. The van der Waals surface area contributed by atoms with E-state index >= 15 is 0 Å². The largest absolute Gasteiger partial charge is 0.0502 e. The number of hydrogen-bond acceptors (Lipinski definition) is 0. The van der Waals surface area contributed by atoms with Gasteiger partial charge in [0.1, 0.15) is 0 Å². The molecule has 0 nitrogen and oxygen atoms in total. The van der Waals surface area contributed by atoms with Crippen LogP contribution in [-0.4, -0.2) is 0 Å². The van der Waals surface area contributed by atoms with Crippen molar-refractivity contribution in [2.75, 3.05) is 0 Å². The van der Waals surface area contributed by atoms with E-state index in [-0.39, 0.29) is 0 Å². The van der Waals surface area contributed by atoms with Crippen LogP contribution in [0.1, 0.15) is 44.9 Å². The molecule has 0 aromatic carbocycles. The standard InChI is InChI=1S/C11H18/c1-2-8(1)7-11(9-3-4-9)10-5-6-10/h8-11H,1-7H2. The molecule has 0 N–H and O–H groups in total. The predicted octanol–water partition coefficient (Wildman–Crippen LogP) is 3.22. The molecule has 0 aromatic heterocycles. The highest BCUT2D eigenvalue weighted by molar-refractivity contribution is 4.93. The summed E-state index contributed by atoms with van der Waals surface area (Å²) in [6, 6.07) is 0. The lowest BCUT2D eigenvalue weighted by molar-refractivity contribution is 0.358. The van der Waals surface area contributed by atoms with Gasteiger partial charge in [-0.05, 0) is 55.8 Å². The molecule has 0 bridgehead atoms. The smallest absolute Gasteiger partial charge is 0.0355 e. The SMILES string of the molecule is C1CC1CC(C1CC1)C1CC1. The number of hydrogen-bond donors (Lipinski definition) is 0. The molecule has 0 saturated heterocycles. The summed E-state index contributed by atoms with van der Waals surface area (Å²) in [6.45, 7) is 0. The third kappa shape index (κ3) is 1.45. The van der Waals surface area contributed by atoms with E-state index in [2.05, 4.69) is 0 Å². The molecule has 11 heavy (non-hydrogen) atoms. The third-order valence-corrected chi connectivity index (χ3v) is 3.76. The van der Waals surface area contributed by atoms with Gasteiger partial charge in [-0.1, -0.05) is 12.8 Å². The molecule has 3 aliphatic carbocycles. The lowest BCUT2D eigenvalue weighted by Crippen LogP contribution is -2.06. The van der Waals surface area contributed by atoms with Gasteiger partial charge < -0.3 is 0 Å². The van der Waals surface area contributed by atoms with Crippen LogP contribution in [0.15, 0.2) is 0 Å². The quantitative estimate of drug-likeness (QED) is 0.577. The molecule has 0 heteroatoms. The molecule has 0 radical (unpaired) electrons. The van der Waals surface area contributed by atoms with Gasteiger partial charge in [0.15, 0.2) is 0 Å². The van der Waals surface area contributed by atoms with Crippen molar-refractivity contribution in [1.82, 2.24) is 0 Å². The van der Waals surface area contributed by atoms with E-state index in [0.29, 0.717) is 0 Å². The van der Waals surface area contributed by atoms with E-state index in [1.54, 1.807) is 44.9 Å².